The quantitative estimate of drug-likeness (QED) is 0.819. The van der Waals surface area contributed by atoms with Gasteiger partial charge >= 0.3 is 0 Å². The summed E-state index contributed by atoms with van der Waals surface area (Å²) in [6.07, 6.45) is 3.24. The highest BCUT2D eigenvalue weighted by Crippen LogP contribution is 2.13. The Labute approximate surface area is 118 Å². The Morgan fingerprint density at radius 2 is 2.10 bits per heavy atom. The Morgan fingerprint density at radius 3 is 2.75 bits per heavy atom. The minimum atomic E-state index is -3.52. The van der Waals surface area contributed by atoms with Gasteiger partial charge in [-0.2, -0.15) is 0 Å². The molecule has 0 amide bonds. The van der Waals surface area contributed by atoms with Crippen LogP contribution >= 0.6 is 0 Å². The first kappa shape index (κ1) is 14.7. The molecule has 0 aliphatic rings. The summed E-state index contributed by atoms with van der Waals surface area (Å²) in [6, 6.07) is 7.06. The number of sulfonamides is 1. The van der Waals surface area contributed by atoms with Gasteiger partial charge in [-0.15, -0.1) is 0 Å². The molecule has 0 aliphatic heterocycles. The van der Waals surface area contributed by atoms with Crippen LogP contribution in [-0.2, 0) is 30.2 Å². The lowest BCUT2D eigenvalue weighted by atomic mass is 10.4. The van der Waals surface area contributed by atoms with E-state index in [1.165, 1.54) is 0 Å². The molecule has 0 fully saturated rings. The summed E-state index contributed by atoms with van der Waals surface area (Å²) in [5.74, 6) is 0. The molecule has 0 aliphatic carbocycles. The molecule has 7 heteroatoms. The fourth-order valence-corrected chi connectivity index (χ4v) is 2.93. The molecular formula is C13H18N4O2S. The van der Waals surface area contributed by atoms with Crippen LogP contribution in [0.4, 0.5) is 0 Å². The van der Waals surface area contributed by atoms with Gasteiger partial charge in [0.15, 0.2) is 0 Å². The SMILES string of the molecule is CNCc1cc(S(=O)(=O)NCc2ccccn2)cn1C. The molecule has 2 rings (SSSR count). The maximum absolute atomic E-state index is 12.2. The van der Waals surface area contributed by atoms with Crippen LogP contribution in [-0.4, -0.2) is 25.0 Å². The van der Waals surface area contributed by atoms with Crippen molar-refractivity contribution in [3.63, 3.8) is 0 Å². The zero-order valence-electron chi connectivity index (χ0n) is 11.5. The molecular weight excluding hydrogens is 276 g/mol. The Hall–Kier alpha value is -1.70. The number of hydrogen-bond acceptors (Lipinski definition) is 4. The molecule has 6 nitrogen and oxygen atoms in total. The molecule has 0 aromatic carbocycles. The van der Waals surface area contributed by atoms with Crippen molar-refractivity contribution in [2.75, 3.05) is 7.05 Å². The first-order valence-corrected chi connectivity index (χ1v) is 7.70. The lowest BCUT2D eigenvalue weighted by Crippen LogP contribution is -2.23. The van der Waals surface area contributed by atoms with E-state index in [0.717, 1.165) is 5.69 Å². The number of hydrogen-bond donors (Lipinski definition) is 2. The second-order valence-corrected chi connectivity index (χ2v) is 6.22. The first-order valence-electron chi connectivity index (χ1n) is 6.22. The first-order chi connectivity index (χ1) is 9.53. The van der Waals surface area contributed by atoms with Crippen LogP contribution in [0.1, 0.15) is 11.4 Å². The number of nitrogens with zero attached hydrogens (tertiary/aromatic N) is 2. The van der Waals surface area contributed by atoms with Crippen LogP contribution in [0.15, 0.2) is 41.6 Å². The van der Waals surface area contributed by atoms with Gasteiger partial charge in [0, 0.05) is 31.7 Å². The molecule has 2 N–H and O–H groups in total. The minimum absolute atomic E-state index is 0.180. The van der Waals surface area contributed by atoms with Crippen molar-refractivity contribution in [1.82, 2.24) is 19.6 Å². The van der Waals surface area contributed by atoms with Crippen LogP contribution in [0.5, 0.6) is 0 Å². The smallest absolute Gasteiger partial charge is 0.242 e. The van der Waals surface area contributed by atoms with Gasteiger partial charge in [0.25, 0.3) is 0 Å². The van der Waals surface area contributed by atoms with Crippen molar-refractivity contribution < 1.29 is 8.42 Å². The van der Waals surface area contributed by atoms with Gasteiger partial charge in [-0.3, -0.25) is 4.98 Å². The topological polar surface area (TPSA) is 76.0 Å². The van der Waals surface area contributed by atoms with Gasteiger partial charge in [0.05, 0.1) is 17.1 Å². The van der Waals surface area contributed by atoms with Crippen LogP contribution < -0.4 is 10.0 Å². The van der Waals surface area contributed by atoms with Gasteiger partial charge in [-0.1, -0.05) is 6.07 Å². The van der Waals surface area contributed by atoms with E-state index in [1.54, 1.807) is 35.2 Å². The van der Waals surface area contributed by atoms with Crippen molar-refractivity contribution in [3.05, 3.63) is 48.0 Å². The van der Waals surface area contributed by atoms with E-state index in [2.05, 4.69) is 15.0 Å². The molecule has 0 saturated carbocycles. The van der Waals surface area contributed by atoms with Crippen LogP contribution in [0.2, 0.25) is 0 Å². The highest BCUT2D eigenvalue weighted by Gasteiger charge is 2.17. The molecule has 0 saturated heterocycles. The number of nitrogens with one attached hydrogen (secondary N) is 2. The zero-order valence-corrected chi connectivity index (χ0v) is 12.3. The Balaban J connectivity index is 2.12. The molecule has 20 heavy (non-hydrogen) atoms. The zero-order chi connectivity index (χ0) is 14.6. The van der Waals surface area contributed by atoms with E-state index in [1.807, 2.05) is 20.2 Å². The summed E-state index contributed by atoms with van der Waals surface area (Å²) in [7, 11) is 0.127. The molecule has 2 aromatic heterocycles. The molecule has 0 atom stereocenters. The van der Waals surface area contributed by atoms with Gasteiger partial charge in [0.1, 0.15) is 0 Å². The van der Waals surface area contributed by atoms with Gasteiger partial charge in [-0.25, -0.2) is 13.1 Å². The number of aryl methyl sites for hydroxylation is 1. The average molecular weight is 294 g/mol. The number of pyridine rings is 1. The molecule has 0 unspecified atom stereocenters. The molecule has 108 valence electrons. The maximum Gasteiger partial charge on any atom is 0.242 e. The Kier molecular flexibility index (Phi) is 4.53. The summed E-state index contributed by atoms with van der Waals surface area (Å²) in [6.45, 7) is 0.797. The van der Waals surface area contributed by atoms with Crippen LogP contribution in [0.25, 0.3) is 0 Å². The third kappa shape index (κ3) is 3.44. The number of rotatable bonds is 6. The van der Waals surface area contributed by atoms with E-state index in [9.17, 15) is 8.42 Å². The van der Waals surface area contributed by atoms with Crippen molar-refractivity contribution in [1.29, 1.82) is 0 Å². The second kappa shape index (κ2) is 6.17. The molecule has 0 bridgehead atoms. The summed E-state index contributed by atoms with van der Waals surface area (Å²) < 4.78 is 28.8. The van der Waals surface area contributed by atoms with E-state index < -0.39 is 10.0 Å². The predicted molar refractivity (Wildman–Crippen MR) is 76.4 cm³/mol. The van der Waals surface area contributed by atoms with Gasteiger partial charge in [0.2, 0.25) is 10.0 Å². The normalized spacial score (nSPS) is 11.7. The lowest BCUT2D eigenvalue weighted by molar-refractivity contribution is 0.580. The Morgan fingerprint density at radius 1 is 1.30 bits per heavy atom. The highest BCUT2D eigenvalue weighted by atomic mass is 32.2. The molecule has 0 radical (unpaired) electrons. The van der Waals surface area contributed by atoms with E-state index in [4.69, 9.17) is 0 Å². The Bertz CT molecular complexity index is 665. The summed E-state index contributed by atoms with van der Waals surface area (Å²) >= 11 is 0. The van der Waals surface area contributed by atoms with E-state index in [-0.39, 0.29) is 11.4 Å². The summed E-state index contributed by atoms with van der Waals surface area (Å²) in [4.78, 5) is 4.35. The predicted octanol–water partition coefficient (Wildman–Crippen LogP) is 0.618. The van der Waals surface area contributed by atoms with E-state index in [0.29, 0.717) is 12.2 Å². The monoisotopic (exact) mass is 294 g/mol. The number of aromatic nitrogens is 2. The van der Waals surface area contributed by atoms with Crippen LogP contribution in [0.3, 0.4) is 0 Å². The largest absolute Gasteiger partial charge is 0.352 e. The standard InChI is InChI=1S/C13H18N4O2S/c1-14-9-12-7-13(10-17(12)2)20(18,19)16-8-11-5-3-4-6-15-11/h3-7,10,14,16H,8-9H2,1-2H3. The summed E-state index contributed by atoms with van der Waals surface area (Å²) in [5.41, 5.74) is 1.59. The average Bonchev–Trinajstić information content (AvgIpc) is 2.81. The van der Waals surface area contributed by atoms with Crippen molar-refractivity contribution in [2.24, 2.45) is 7.05 Å². The lowest BCUT2D eigenvalue weighted by Gasteiger charge is -2.04. The van der Waals surface area contributed by atoms with E-state index >= 15 is 0 Å². The van der Waals surface area contributed by atoms with Gasteiger partial charge < -0.3 is 9.88 Å². The van der Waals surface area contributed by atoms with Crippen molar-refractivity contribution in [3.8, 4) is 0 Å². The molecule has 2 heterocycles. The third-order valence-corrected chi connectivity index (χ3v) is 4.29. The fourth-order valence-electron chi connectivity index (χ4n) is 1.84. The van der Waals surface area contributed by atoms with Crippen molar-refractivity contribution >= 4 is 10.0 Å². The van der Waals surface area contributed by atoms with Crippen LogP contribution in [0, 0.1) is 0 Å². The second-order valence-electron chi connectivity index (χ2n) is 4.45. The highest BCUT2D eigenvalue weighted by molar-refractivity contribution is 7.89. The molecule has 0 spiro atoms. The molecule has 2 aromatic rings. The third-order valence-electron chi connectivity index (χ3n) is 2.92. The minimum Gasteiger partial charge on any atom is -0.352 e. The maximum atomic E-state index is 12.2. The van der Waals surface area contributed by atoms with Crippen molar-refractivity contribution in [2.45, 2.75) is 18.0 Å². The fraction of sp³-hybridized carbons (Fsp3) is 0.308. The van der Waals surface area contributed by atoms with Gasteiger partial charge in [-0.05, 0) is 25.2 Å². The summed E-state index contributed by atoms with van der Waals surface area (Å²) in [5, 5.41) is 3.00.